The molecule has 0 saturated heterocycles. The van der Waals surface area contributed by atoms with E-state index in [9.17, 15) is 14.9 Å². The van der Waals surface area contributed by atoms with Crippen LogP contribution in [0.25, 0.3) is 0 Å². The zero-order chi connectivity index (χ0) is 14.0. The fourth-order valence-electron chi connectivity index (χ4n) is 2.29. The molecule has 0 amide bonds. The van der Waals surface area contributed by atoms with Crippen LogP contribution in [0.3, 0.4) is 0 Å². The van der Waals surface area contributed by atoms with E-state index in [2.05, 4.69) is 0 Å². The quantitative estimate of drug-likeness (QED) is 0.651. The Morgan fingerprint density at radius 3 is 2.63 bits per heavy atom. The molecular weight excluding hydrogens is 250 g/mol. The van der Waals surface area contributed by atoms with Crippen LogP contribution in [0.1, 0.15) is 30.9 Å². The van der Waals surface area contributed by atoms with Gasteiger partial charge >= 0.3 is 11.7 Å². The number of hydrogen-bond donors (Lipinski definition) is 1. The molecule has 6 heteroatoms. The molecule has 19 heavy (non-hydrogen) atoms. The summed E-state index contributed by atoms with van der Waals surface area (Å²) >= 11 is 0. The fraction of sp³-hybridized carbons (Fsp3) is 0.462. The van der Waals surface area contributed by atoms with Crippen molar-refractivity contribution in [2.45, 2.75) is 38.7 Å². The first-order chi connectivity index (χ1) is 9.02. The maximum atomic E-state index is 11.0. The first-order valence-corrected chi connectivity index (χ1v) is 6.22. The van der Waals surface area contributed by atoms with Gasteiger partial charge in [0.2, 0.25) is 0 Å². The van der Waals surface area contributed by atoms with Crippen molar-refractivity contribution in [3.63, 3.8) is 0 Å². The Bertz CT molecular complexity index is 526. The number of nitro benzene ring substituents is 1. The molecule has 1 aliphatic rings. The van der Waals surface area contributed by atoms with Crippen molar-refractivity contribution < 1.29 is 19.6 Å². The molecule has 0 fully saturated rings. The highest BCUT2D eigenvalue weighted by Crippen LogP contribution is 2.35. The molecule has 0 heterocycles. The van der Waals surface area contributed by atoms with Crippen molar-refractivity contribution in [2.75, 3.05) is 0 Å². The molecule has 0 bridgehead atoms. The summed E-state index contributed by atoms with van der Waals surface area (Å²) in [4.78, 5) is 21.5. The van der Waals surface area contributed by atoms with Gasteiger partial charge in [0.15, 0.2) is 11.9 Å². The van der Waals surface area contributed by atoms with Crippen LogP contribution in [-0.2, 0) is 17.6 Å². The van der Waals surface area contributed by atoms with Crippen LogP contribution in [-0.4, -0.2) is 22.1 Å². The maximum absolute atomic E-state index is 11.0. The van der Waals surface area contributed by atoms with E-state index in [4.69, 9.17) is 9.84 Å². The summed E-state index contributed by atoms with van der Waals surface area (Å²) in [6.07, 6.45) is 1.84. The molecule has 6 nitrogen and oxygen atoms in total. The van der Waals surface area contributed by atoms with Crippen LogP contribution in [0, 0.1) is 10.1 Å². The van der Waals surface area contributed by atoms with Gasteiger partial charge in [0, 0.05) is 6.07 Å². The SMILES string of the molecule is CCC(Oc1cc2c(cc1[N+](=O)[O-])CCC2)C(=O)O. The average molecular weight is 265 g/mol. The van der Waals surface area contributed by atoms with E-state index in [0.717, 1.165) is 30.4 Å². The predicted octanol–water partition coefficient (Wildman–Crippen LogP) is 2.33. The smallest absolute Gasteiger partial charge is 0.344 e. The van der Waals surface area contributed by atoms with Gasteiger partial charge in [-0.25, -0.2) is 4.79 Å². The van der Waals surface area contributed by atoms with Crippen LogP contribution < -0.4 is 4.74 Å². The first-order valence-electron chi connectivity index (χ1n) is 6.22. The van der Waals surface area contributed by atoms with Gasteiger partial charge in [0.05, 0.1) is 4.92 Å². The number of aliphatic carboxylic acids is 1. The Morgan fingerprint density at radius 1 is 1.47 bits per heavy atom. The number of carboxylic acid groups (broad SMARTS) is 1. The molecule has 1 atom stereocenters. The minimum absolute atomic E-state index is 0.0555. The number of aryl methyl sites for hydroxylation is 2. The third-order valence-corrected chi connectivity index (χ3v) is 3.29. The number of hydrogen-bond acceptors (Lipinski definition) is 4. The summed E-state index contributed by atoms with van der Waals surface area (Å²) in [6.45, 7) is 1.66. The molecule has 0 saturated carbocycles. The van der Waals surface area contributed by atoms with Crippen molar-refractivity contribution in [2.24, 2.45) is 0 Å². The van der Waals surface area contributed by atoms with Crippen molar-refractivity contribution in [3.8, 4) is 5.75 Å². The van der Waals surface area contributed by atoms with Gasteiger partial charge in [0.1, 0.15) is 0 Å². The second-order valence-electron chi connectivity index (χ2n) is 4.55. The van der Waals surface area contributed by atoms with Crippen LogP contribution in [0.2, 0.25) is 0 Å². The predicted molar refractivity (Wildman–Crippen MR) is 67.5 cm³/mol. The molecule has 1 aromatic carbocycles. The molecule has 1 aliphatic carbocycles. The van der Waals surface area contributed by atoms with Gasteiger partial charge in [-0.1, -0.05) is 6.92 Å². The summed E-state index contributed by atoms with van der Waals surface area (Å²) in [7, 11) is 0. The van der Waals surface area contributed by atoms with E-state index < -0.39 is 17.0 Å². The van der Waals surface area contributed by atoms with Crippen LogP contribution >= 0.6 is 0 Å². The standard InChI is InChI=1S/C13H15NO5/c1-2-11(13(15)16)19-12-7-9-5-3-4-8(9)6-10(12)14(17)18/h6-7,11H,2-5H2,1H3,(H,15,16). The maximum Gasteiger partial charge on any atom is 0.344 e. The van der Waals surface area contributed by atoms with Crippen molar-refractivity contribution in [3.05, 3.63) is 33.4 Å². The fourth-order valence-corrected chi connectivity index (χ4v) is 2.29. The highest BCUT2D eigenvalue weighted by molar-refractivity contribution is 5.73. The molecular formula is C13H15NO5. The number of ether oxygens (including phenoxy) is 1. The lowest BCUT2D eigenvalue weighted by atomic mass is 10.1. The average Bonchev–Trinajstić information content (AvgIpc) is 2.81. The minimum Gasteiger partial charge on any atom is -0.479 e. The van der Waals surface area contributed by atoms with Gasteiger partial charge in [0.25, 0.3) is 0 Å². The molecule has 1 unspecified atom stereocenters. The Morgan fingerprint density at radius 2 is 2.11 bits per heavy atom. The number of fused-ring (bicyclic) bond motifs is 1. The number of benzene rings is 1. The minimum atomic E-state index is -1.11. The van der Waals surface area contributed by atoms with Crippen molar-refractivity contribution in [1.82, 2.24) is 0 Å². The third kappa shape index (κ3) is 2.67. The Balaban J connectivity index is 2.38. The van der Waals surface area contributed by atoms with E-state index in [1.165, 1.54) is 6.07 Å². The molecule has 102 valence electrons. The number of carbonyl (C=O) groups is 1. The number of nitrogens with zero attached hydrogens (tertiary/aromatic N) is 1. The van der Waals surface area contributed by atoms with E-state index in [0.29, 0.717) is 0 Å². The normalized spacial score (nSPS) is 14.8. The lowest BCUT2D eigenvalue weighted by Crippen LogP contribution is -2.26. The molecule has 0 spiro atoms. The summed E-state index contributed by atoms with van der Waals surface area (Å²) in [5.74, 6) is -1.06. The first kappa shape index (κ1) is 13.3. The highest BCUT2D eigenvalue weighted by atomic mass is 16.6. The van der Waals surface area contributed by atoms with E-state index in [1.54, 1.807) is 13.0 Å². The van der Waals surface area contributed by atoms with Gasteiger partial charge in [-0.05, 0) is 42.9 Å². The second-order valence-corrected chi connectivity index (χ2v) is 4.55. The van der Waals surface area contributed by atoms with Crippen LogP contribution in [0.15, 0.2) is 12.1 Å². The monoisotopic (exact) mass is 265 g/mol. The molecule has 2 rings (SSSR count). The van der Waals surface area contributed by atoms with Crippen molar-refractivity contribution in [1.29, 1.82) is 0 Å². The molecule has 1 aromatic rings. The van der Waals surface area contributed by atoms with Crippen LogP contribution in [0.5, 0.6) is 5.75 Å². The summed E-state index contributed by atoms with van der Waals surface area (Å²) in [6, 6.07) is 3.12. The van der Waals surface area contributed by atoms with Gasteiger partial charge < -0.3 is 9.84 Å². The summed E-state index contributed by atoms with van der Waals surface area (Å²) in [5, 5.41) is 20.0. The van der Waals surface area contributed by atoms with Gasteiger partial charge in [-0.2, -0.15) is 0 Å². The molecule has 0 radical (unpaired) electrons. The van der Waals surface area contributed by atoms with Gasteiger partial charge in [-0.15, -0.1) is 0 Å². The third-order valence-electron chi connectivity index (χ3n) is 3.29. The second kappa shape index (κ2) is 5.26. The topological polar surface area (TPSA) is 89.7 Å². The Kier molecular flexibility index (Phi) is 3.69. The lowest BCUT2D eigenvalue weighted by molar-refractivity contribution is -0.386. The van der Waals surface area contributed by atoms with E-state index >= 15 is 0 Å². The highest BCUT2D eigenvalue weighted by Gasteiger charge is 2.26. The van der Waals surface area contributed by atoms with Crippen LogP contribution in [0.4, 0.5) is 5.69 Å². The number of rotatable bonds is 5. The zero-order valence-corrected chi connectivity index (χ0v) is 10.6. The van der Waals surface area contributed by atoms with E-state index in [1.807, 2.05) is 0 Å². The van der Waals surface area contributed by atoms with Crippen molar-refractivity contribution >= 4 is 11.7 Å². The molecule has 0 aliphatic heterocycles. The Labute approximate surface area is 110 Å². The molecule has 1 N–H and O–H groups in total. The number of carboxylic acids is 1. The zero-order valence-electron chi connectivity index (χ0n) is 10.6. The summed E-state index contributed by atoms with van der Waals surface area (Å²) in [5.41, 5.74) is 1.82. The Hall–Kier alpha value is -2.11. The molecule has 0 aromatic heterocycles. The van der Waals surface area contributed by atoms with Gasteiger partial charge in [-0.3, -0.25) is 10.1 Å². The number of nitro groups is 1. The largest absolute Gasteiger partial charge is 0.479 e. The van der Waals surface area contributed by atoms with E-state index in [-0.39, 0.29) is 17.9 Å². The lowest BCUT2D eigenvalue weighted by Gasteiger charge is -2.14. The summed E-state index contributed by atoms with van der Waals surface area (Å²) < 4.78 is 5.30.